The van der Waals surface area contributed by atoms with Crippen molar-refractivity contribution in [3.05, 3.63) is 284 Å². The molecular formula is C121H158BN5. The lowest BCUT2D eigenvalue weighted by atomic mass is 9.33. The summed E-state index contributed by atoms with van der Waals surface area (Å²) in [6.07, 6.45) is 0. The van der Waals surface area contributed by atoms with Gasteiger partial charge in [0.25, 0.3) is 6.71 Å². The molecule has 11 aromatic rings. The lowest BCUT2D eigenvalue weighted by Crippen LogP contribution is -2.61. The first-order chi connectivity index (χ1) is 57.9. The third-order valence-electron chi connectivity index (χ3n) is 27.1. The Morgan fingerprint density at radius 3 is 0.622 bits per heavy atom. The molecule has 0 saturated carbocycles. The third kappa shape index (κ3) is 19.7. The highest BCUT2D eigenvalue weighted by molar-refractivity contribution is 7.00. The summed E-state index contributed by atoms with van der Waals surface area (Å²) in [5, 5.41) is 0. The number of hydrogen-bond donors (Lipinski definition) is 0. The number of rotatable bonds is 12. The summed E-state index contributed by atoms with van der Waals surface area (Å²) >= 11 is 0. The van der Waals surface area contributed by atoms with Gasteiger partial charge in [-0.3, -0.25) is 0 Å². The van der Waals surface area contributed by atoms with Crippen LogP contribution in [0, 0.1) is 0 Å². The number of anilines is 15. The highest BCUT2D eigenvalue weighted by Crippen LogP contribution is 2.55. The van der Waals surface area contributed by atoms with Crippen molar-refractivity contribution < 1.29 is 0 Å². The first kappa shape index (κ1) is 95.1. The number of nitrogens with zero attached hydrogens (tertiary/aromatic N) is 5. The van der Waals surface area contributed by atoms with E-state index in [0.29, 0.717) is 0 Å². The molecule has 0 atom stereocenters. The average Bonchev–Trinajstić information content (AvgIpc) is 0.688. The minimum Gasteiger partial charge on any atom is -0.311 e. The molecule has 0 fully saturated rings. The van der Waals surface area contributed by atoms with E-state index >= 15 is 0 Å². The van der Waals surface area contributed by atoms with Crippen LogP contribution < -0.4 is 40.9 Å². The molecule has 0 aliphatic carbocycles. The van der Waals surface area contributed by atoms with Crippen molar-refractivity contribution in [1.29, 1.82) is 0 Å². The topological polar surface area (TPSA) is 16.2 Å². The van der Waals surface area contributed by atoms with Crippen LogP contribution in [0.4, 0.5) is 85.3 Å². The second-order valence-corrected chi connectivity index (χ2v) is 51.6. The van der Waals surface area contributed by atoms with Gasteiger partial charge in [0.2, 0.25) is 0 Å². The summed E-state index contributed by atoms with van der Waals surface area (Å²) in [5.41, 5.74) is 36.5. The van der Waals surface area contributed by atoms with Crippen molar-refractivity contribution in [3.8, 4) is 0 Å². The molecule has 5 nitrogen and oxygen atoms in total. The Morgan fingerprint density at radius 2 is 0.386 bits per heavy atom. The van der Waals surface area contributed by atoms with Crippen molar-refractivity contribution in [2.75, 3.05) is 24.5 Å². The summed E-state index contributed by atoms with van der Waals surface area (Å²) in [5.74, 6) is 0.270. The Labute approximate surface area is 772 Å². The Balaban J connectivity index is 1.30. The zero-order valence-electron chi connectivity index (χ0n) is 86.5. The molecule has 0 amide bonds. The molecule has 0 unspecified atom stereocenters. The Hall–Kier alpha value is -9.52. The van der Waals surface area contributed by atoms with Gasteiger partial charge in [0.1, 0.15) is 0 Å². The smallest absolute Gasteiger partial charge is 0.252 e. The molecule has 0 saturated heterocycles. The molecule has 0 spiro atoms. The van der Waals surface area contributed by atoms with Gasteiger partial charge in [-0.1, -0.05) is 357 Å². The molecule has 0 radical (unpaired) electrons. The van der Waals surface area contributed by atoms with Crippen molar-refractivity contribution in [2.45, 2.75) is 360 Å². The highest BCUT2D eigenvalue weighted by atomic mass is 15.2. The molecule has 0 N–H and O–H groups in total. The summed E-state index contributed by atoms with van der Waals surface area (Å²) in [6.45, 7) is 97.2. The zero-order chi connectivity index (χ0) is 94.1. The Kier molecular flexibility index (Phi) is 24.1. The van der Waals surface area contributed by atoms with Crippen molar-refractivity contribution in [1.82, 2.24) is 0 Å². The maximum atomic E-state index is 2.75. The van der Waals surface area contributed by atoms with Crippen LogP contribution in [0.25, 0.3) is 0 Å². The molecule has 670 valence electrons. The first-order valence-electron chi connectivity index (χ1n) is 47.6. The molecule has 6 heteroatoms. The van der Waals surface area contributed by atoms with Crippen LogP contribution in [0.1, 0.15) is 368 Å². The molecular weight excluding hydrogens is 1530 g/mol. The normalized spacial score (nSPS) is 14.0. The minimum atomic E-state index is -0.296. The van der Waals surface area contributed by atoms with E-state index in [9.17, 15) is 0 Å². The fourth-order valence-corrected chi connectivity index (χ4v) is 18.0. The summed E-state index contributed by atoms with van der Waals surface area (Å²) in [4.78, 5) is 13.4. The molecule has 127 heavy (non-hydrogen) atoms. The lowest BCUT2D eigenvalue weighted by molar-refractivity contribution is 0.567. The molecule has 2 aliphatic rings. The summed E-state index contributed by atoms with van der Waals surface area (Å²) in [6, 6.07) is 84.9. The predicted molar refractivity (Wildman–Crippen MR) is 562 cm³/mol. The standard InChI is InChI=1S/C121H158BN5/c1-76(2)77-54-80(111(9,10)11)61-95(55-77)124(96-62-81(112(12,13)14)56-82(63-96)113(15,16)17)93-50-52-102-104(72-93)126(99-68-87(118(30,31)32)59-88(69-99)119(33,34)35)106-74-101(123(91-46-42-78(43-47-91)109(3,4)5)92-48-44-79(45-49-92)110(6,7)8)75-107-108(106)122(102)103-53-51-94(73-105(103)127(107)100-70-89(120(36,37)38)60-90(71-100)121(39,40)41)125(97-64-83(114(18,19)20)57-84(65-97)115(21,22)23)98-66-85(116(24,25)26)58-86(67-98)117(27,28)29/h42-76H,1-41H3. The van der Waals surface area contributed by atoms with Crippen LogP contribution in [0.15, 0.2) is 206 Å². The number of fused-ring (bicyclic) bond motifs is 4. The van der Waals surface area contributed by atoms with Gasteiger partial charge < -0.3 is 24.5 Å². The first-order valence-corrected chi connectivity index (χ1v) is 47.6. The number of hydrogen-bond acceptors (Lipinski definition) is 5. The number of benzene rings is 11. The predicted octanol–water partition coefficient (Wildman–Crippen LogP) is 34.2. The van der Waals surface area contributed by atoms with Crippen molar-refractivity contribution in [3.63, 3.8) is 0 Å². The maximum Gasteiger partial charge on any atom is 0.252 e. The van der Waals surface area contributed by atoms with Gasteiger partial charge in [0.05, 0.1) is 5.69 Å². The van der Waals surface area contributed by atoms with Gasteiger partial charge in [-0.05, 0) is 304 Å². The van der Waals surface area contributed by atoms with Gasteiger partial charge in [-0.2, -0.15) is 0 Å². The van der Waals surface area contributed by atoms with Gasteiger partial charge in [-0.25, -0.2) is 0 Å². The SMILES string of the molecule is CC(C)c1cc(N(c2cc(C(C)(C)C)cc(C(C)(C)C)c2)c2ccc3c(c2)N(c2cc(C(C)(C)C)cc(C(C)(C)C)c2)c2cc(N(c4ccc(C(C)(C)C)cc4)c4ccc(C(C)(C)C)cc4)cc4c2B3c2ccc(N(c3cc(C(C)(C)C)cc(C(C)(C)C)c3)c3cc(C(C)(C)C)cc(C(C)(C)C)c3)cc2N4c2cc(C(C)(C)C)cc(C(C)(C)C)c2)cc(C(C)(C)C)c1. The molecule has 13 rings (SSSR count). The largest absolute Gasteiger partial charge is 0.311 e. The van der Waals surface area contributed by atoms with Gasteiger partial charge in [-0.15, -0.1) is 0 Å². The van der Waals surface area contributed by atoms with E-state index in [4.69, 9.17) is 0 Å². The summed E-state index contributed by atoms with van der Waals surface area (Å²) < 4.78 is 0. The van der Waals surface area contributed by atoms with E-state index in [1.807, 2.05) is 0 Å². The lowest BCUT2D eigenvalue weighted by Gasteiger charge is -2.46. The minimum absolute atomic E-state index is 0.0840. The molecule has 2 heterocycles. The van der Waals surface area contributed by atoms with E-state index in [1.165, 1.54) is 94.3 Å². The molecule has 0 bridgehead atoms. The molecule has 11 aromatic carbocycles. The second-order valence-electron chi connectivity index (χ2n) is 51.6. The van der Waals surface area contributed by atoms with Crippen LogP contribution in [0.2, 0.25) is 0 Å². The zero-order valence-corrected chi connectivity index (χ0v) is 86.5. The van der Waals surface area contributed by atoms with Gasteiger partial charge in [0.15, 0.2) is 0 Å². The quantitative estimate of drug-likeness (QED) is 0.113. The van der Waals surface area contributed by atoms with Crippen molar-refractivity contribution >= 4 is 108 Å². The third-order valence-corrected chi connectivity index (χ3v) is 27.1. The maximum absolute atomic E-state index is 2.75. The van der Waals surface area contributed by atoms with Gasteiger partial charge in [0, 0.05) is 79.6 Å². The molecule has 0 aromatic heterocycles. The van der Waals surface area contributed by atoms with Crippen LogP contribution in [-0.2, 0) is 70.4 Å². The second kappa shape index (κ2) is 32.2. The van der Waals surface area contributed by atoms with Crippen LogP contribution >= 0.6 is 0 Å². The monoisotopic (exact) mass is 1690 g/mol. The molecule has 2 aliphatic heterocycles. The van der Waals surface area contributed by atoms with Crippen LogP contribution in [0.5, 0.6) is 0 Å². The van der Waals surface area contributed by atoms with E-state index < -0.39 is 0 Å². The van der Waals surface area contributed by atoms with Gasteiger partial charge >= 0.3 is 0 Å². The van der Waals surface area contributed by atoms with E-state index in [1.54, 1.807) is 0 Å². The fourth-order valence-electron chi connectivity index (χ4n) is 18.0. The Morgan fingerprint density at radius 1 is 0.189 bits per heavy atom. The van der Waals surface area contributed by atoms with Crippen LogP contribution in [0.3, 0.4) is 0 Å². The average molecular weight is 1690 g/mol. The fraction of sp³-hybridized carbons (Fsp3) is 0.455. The Bertz CT molecular complexity index is 5650. The van der Waals surface area contributed by atoms with E-state index in [0.717, 1.165) is 85.3 Å². The highest BCUT2D eigenvalue weighted by Gasteiger charge is 2.47. The van der Waals surface area contributed by atoms with E-state index in [2.05, 4.69) is 515 Å². The van der Waals surface area contributed by atoms with Crippen LogP contribution in [-0.4, -0.2) is 6.71 Å². The summed E-state index contributed by atoms with van der Waals surface area (Å²) in [7, 11) is 0. The van der Waals surface area contributed by atoms with E-state index in [-0.39, 0.29) is 83.0 Å². The van der Waals surface area contributed by atoms with Crippen molar-refractivity contribution in [2.24, 2.45) is 0 Å².